The molecule has 0 bridgehead atoms. The smallest absolute Gasteiger partial charge is 0.153 e. The van der Waals surface area contributed by atoms with Gasteiger partial charge in [0.25, 0.3) is 0 Å². The highest BCUT2D eigenvalue weighted by Gasteiger charge is 2.24. The predicted molar refractivity (Wildman–Crippen MR) is 47.2 cm³/mol. The molecule has 0 radical (unpaired) electrons. The van der Waals surface area contributed by atoms with Crippen LogP contribution in [0, 0.1) is 0 Å². The molecular formula is C9H11N3. The largest absolute Gasteiger partial charge is 0.404 e. The van der Waals surface area contributed by atoms with Gasteiger partial charge in [0, 0.05) is 17.8 Å². The molecule has 0 aromatic carbocycles. The number of nitrogens with zero attached hydrogens (tertiary/aromatic N) is 2. The molecule has 0 aliphatic heterocycles. The summed E-state index contributed by atoms with van der Waals surface area (Å²) < 4.78 is 0. The predicted octanol–water partition coefficient (Wildman–Crippen LogP) is 1.28. The monoisotopic (exact) mass is 161 g/mol. The summed E-state index contributed by atoms with van der Waals surface area (Å²) in [6.45, 7) is 0. The van der Waals surface area contributed by atoms with Gasteiger partial charge in [-0.3, -0.25) is 0 Å². The minimum atomic E-state index is 0.679. The molecule has 62 valence electrons. The van der Waals surface area contributed by atoms with Crippen molar-refractivity contribution in [1.82, 2.24) is 9.97 Å². The third kappa shape index (κ3) is 1.44. The molecule has 0 spiro atoms. The summed E-state index contributed by atoms with van der Waals surface area (Å²) in [5, 5.41) is 0. The van der Waals surface area contributed by atoms with Crippen molar-refractivity contribution in [2.75, 3.05) is 0 Å². The van der Waals surface area contributed by atoms with E-state index in [1.54, 1.807) is 12.3 Å². The molecule has 0 amide bonds. The molecule has 0 atom stereocenters. The first kappa shape index (κ1) is 7.28. The number of nitrogens with two attached hydrogens (primary N) is 1. The van der Waals surface area contributed by atoms with E-state index in [9.17, 15) is 0 Å². The third-order valence-corrected chi connectivity index (χ3v) is 1.94. The highest BCUT2D eigenvalue weighted by atomic mass is 14.9. The summed E-state index contributed by atoms with van der Waals surface area (Å²) in [5.41, 5.74) is 6.39. The van der Waals surface area contributed by atoms with Gasteiger partial charge in [-0.1, -0.05) is 0 Å². The first-order valence-electron chi connectivity index (χ1n) is 4.11. The fourth-order valence-electron chi connectivity index (χ4n) is 1.16. The van der Waals surface area contributed by atoms with Crippen molar-refractivity contribution in [2.24, 2.45) is 5.73 Å². The van der Waals surface area contributed by atoms with Crippen molar-refractivity contribution < 1.29 is 0 Å². The molecule has 1 aliphatic carbocycles. The molecule has 1 saturated carbocycles. The minimum Gasteiger partial charge on any atom is -0.404 e. The Morgan fingerprint density at radius 3 is 3.00 bits per heavy atom. The Morgan fingerprint density at radius 2 is 2.33 bits per heavy atom. The lowest BCUT2D eigenvalue weighted by Crippen LogP contribution is -1.92. The molecule has 3 heteroatoms. The van der Waals surface area contributed by atoms with E-state index in [1.807, 2.05) is 6.07 Å². The number of hydrogen-bond donors (Lipinski definition) is 1. The van der Waals surface area contributed by atoms with Gasteiger partial charge in [0.1, 0.15) is 0 Å². The van der Waals surface area contributed by atoms with Gasteiger partial charge in [0.15, 0.2) is 5.82 Å². The molecule has 2 rings (SSSR count). The third-order valence-electron chi connectivity index (χ3n) is 1.94. The molecule has 0 saturated heterocycles. The van der Waals surface area contributed by atoms with E-state index in [0.29, 0.717) is 11.7 Å². The van der Waals surface area contributed by atoms with E-state index < -0.39 is 0 Å². The summed E-state index contributed by atoms with van der Waals surface area (Å²) in [7, 11) is 0. The lowest BCUT2D eigenvalue weighted by molar-refractivity contribution is 0.974. The molecular weight excluding hydrogens is 150 g/mol. The van der Waals surface area contributed by atoms with E-state index in [2.05, 4.69) is 9.97 Å². The van der Waals surface area contributed by atoms with Crippen molar-refractivity contribution in [3.63, 3.8) is 0 Å². The number of hydrogen-bond acceptors (Lipinski definition) is 3. The maximum absolute atomic E-state index is 5.24. The molecule has 1 aliphatic rings. The number of aromatic nitrogens is 2. The molecule has 0 unspecified atom stereocenters. The van der Waals surface area contributed by atoms with Crippen molar-refractivity contribution in [1.29, 1.82) is 0 Å². The first-order chi connectivity index (χ1) is 5.90. The van der Waals surface area contributed by atoms with Crippen LogP contribution in [0.1, 0.15) is 30.3 Å². The average Bonchev–Trinajstić information content (AvgIpc) is 2.88. The molecule has 1 aromatic rings. The van der Waals surface area contributed by atoms with Crippen molar-refractivity contribution in [3.8, 4) is 0 Å². The van der Waals surface area contributed by atoms with Crippen LogP contribution in [0.4, 0.5) is 0 Å². The van der Waals surface area contributed by atoms with Gasteiger partial charge in [-0.25, -0.2) is 9.97 Å². The van der Waals surface area contributed by atoms with Crippen LogP contribution in [0.5, 0.6) is 0 Å². The Hall–Kier alpha value is -1.38. The van der Waals surface area contributed by atoms with Crippen LogP contribution in [-0.4, -0.2) is 9.97 Å². The SMILES string of the molecule is N/C=C\c1nccc(C2CC2)n1. The summed E-state index contributed by atoms with van der Waals surface area (Å²) in [6.07, 6.45) is 7.50. The molecule has 1 fully saturated rings. The lowest BCUT2D eigenvalue weighted by Gasteiger charge is -1.96. The zero-order chi connectivity index (χ0) is 8.39. The van der Waals surface area contributed by atoms with Gasteiger partial charge < -0.3 is 5.73 Å². The second-order valence-electron chi connectivity index (χ2n) is 2.97. The van der Waals surface area contributed by atoms with Crippen molar-refractivity contribution in [2.45, 2.75) is 18.8 Å². The molecule has 12 heavy (non-hydrogen) atoms. The van der Waals surface area contributed by atoms with E-state index in [0.717, 1.165) is 5.69 Å². The van der Waals surface area contributed by atoms with Crippen LogP contribution in [0.25, 0.3) is 6.08 Å². The van der Waals surface area contributed by atoms with Crippen LogP contribution >= 0.6 is 0 Å². The zero-order valence-electron chi connectivity index (χ0n) is 6.77. The summed E-state index contributed by atoms with van der Waals surface area (Å²) in [4.78, 5) is 8.41. The van der Waals surface area contributed by atoms with Gasteiger partial charge in [0.2, 0.25) is 0 Å². The maximum Gasteiger partial charge on any atom is 0.153 e. The van der Waals surface area contributed by atoms with Crippen LogP contribution in [0.3, 0.4) is 0 Å². The quantitative estimate of drug-likeness (QED) is 0.711. The van der Waals surface area contributed by atoms with Crippen LogP contribution in [0.15, 0.2) is 18.5 Å². The van der Waals surface area contributed by atoms with Gasteiger partial charge >= 0.3 is 0 Å². The Kier molecular flexibility index (Phi) is 1.78. The summed E-state index contributed by atoms with van der Waals surface area (Å²) in [5.74, 6) is 1.39. The molecule has 2 N–H and O–H groups in total. The van der Waals surface area contributed by atoms with Gasteiger partial charge in [-0.15, -0.1) is 0 Å². The van der Waals surface area contributed by atoms with E-state index >= 15 is 0 Å². The van der Waals surface area contributed by atoms with Gasteiger partial charge in [-0.2, -0.15) is 0 Å². The fourth-order valence-corrected chi connectivity index (χ4v) is 1.16. The van der Waals surface area contributed by atoms with E-state index in [1.165, 1.54) is 19.0 Å². The van der Waals surface area contributed by atoms with Gasteiger partial charge in [-0.05, 0) is 31.2 Å². The average molecular weight is 161 g/mol. The standard InChI is InChI=1S/C9H11N3/c10-5-3-9-11-6-4-8(12-9)7-1-2-7/h3-7H,1-2,10H2/b5-3-. The zero-order valence-corrected chi connectivity index (χ0v) is 6.77. The maximum atomic E-state index is 5.24. The van der Waals surface area contributed by atoms with Crippen LogP contribution < -0.4 is 5.73 Å². The summed E-state index contributed by atoms with van der Waals surface area (Å²) >= 11 is 0. The van der Waals surface area contributed by atoms with E-state index in [4.69, 9.17) is 5.73 Å². The summed E-state index contributed by atoms with van der Waals surface area (Å²) in [6, 6.07) is 1.98. The van der Waals surface area contributed by atoms with Crippen molar-refractivity contribution >= 4 is 6.08 Å². The highest BCUT2D eigenvalue weighted by Crippen LogP contribution is 2.38. The van der Waals surface area contributed by atoms with Crippen molar-refractivity contribution in [3.05, 3.63) is 30.0 Å². The topological polar surface area (TPSA) is 51.8 Å². The second kappa shape index (κ2) is 2.93. The minimum absolute atomic E-state index is 0.679. The normalized spacial score (nSPS) is 17.0. The Balaban J connectivity index is 2.26. The van der Waals surface area contributed by atoms with Gasteiger partial charge in [0.05, 0.1) is 0 Å². The Morgan fingerprint density at radius 1 is 1.50 bits per heavy atom. The van der Waals surface area contributed by atoms with Crippen LogP contribution in [0.2, 0.25) is 0 Å². The Bertz CT molecular complexity index is 302. The fraction of sp³-hybridized carbons (Fsp3) is 0.333. The molecule has 1 heterocycles. The first-order valence-corrected chi connectivity index (χ1v) is 4.11. The Labute approximate surface area is 71.3 Å². The lowest BCUT2D eigenvalue weighted by atomic mass is 10.3. The molecule has 1 aromatic heterocycles. The van der Waals surface area contributed by atoms with Crippen LogP contribution in [-0.2, 0) is 0 Å². The highest BCUT2D eigenvalue weighted by molar-refractivity contribution is 5.39. The second-order valence-corrected chi connectivity index (χ2v) is 2.97. The molecule has 3 nitrogen and oxygen atoms in total. The number of rotatable bonds is 2. The van der Waals surface area contributed by atoms with E-state index in [-0.39, 0.29) is 0 Å².